The van der Waals surface area contributed by atoms with Gasteiger partial charge in [0.15, 0.2) is 0 Å². The number of nitrogens with one attached hydrogen (secondary N) is 1. The van der Waals surface area contributed by atoms with E-state index in [-0.39, 0.29) is 17.4 Å². The van der Waals surface area contributed by atoms with Gasteiger partial charge in [0.25, 0.3) is 0 Å². The summed E-state index contributed by atoms with van der Waals surface area (Å²) in [6, 6.07) is 1.92. The molecule has 2 unspecified atom stereocenters. The van der Waals surface area contributed by atoms with Crippen LogP contribution in [-0.2, 0) is 4.79 Å². The Morgan fingerprint density at radius 1 is 1.47 bits per heavy atom. The maximum absolute atomic E-state index is 11.8. The lowest BCUT2D eigenvalue weighted by Crippen LogP contribution is -2.36. The average Bonchev–Trinajstić information content (AvgIpc) is 2.93. The molecule has 0 heterocycles. The van der Waals surface area contributed by atoms with Crippen LogP contribution in [0.5, 0.6) is 0 Å². The van der Waals surface area contributed by atoms with Crippen molar-refractivity contribution in [1.82, 2.24) is 5.32 Å². The molecule has 0 aromatic rings. The summed E-state index contributed by atoms with van der Waals surface area (Å²) in [6.45, 7) is 8.65. The number of carbonyl (C=O) groups is 1. The first-order valence-electron chi connectivity index (χ1n) is 6.51. The zero-order chi connectivity index (χ0) is 13.1. The first kappa shape index (κ1) is 14.0. The SMILES string of the molecule is CC(CC(=O)NC(C#N)C1CC1)CC(C)(C)C. The molecule has 1 aliphatic carbocycles. The minimum Gasteiger partial charge on any atom is -0.340 e. The lowest BCUT2D eigenvalue weighted by molar-refractivity contribution is -0.122. The molecule has 2 atom stereocenters. The molecule has 0 radical (unpaired) electrons. The molecule has 1 amide bonds. The van der Waals surface area contributed by atoms with Gasteiger partial charge in [0.1, 0.15) is 6.04 Å². The predicted octanol–water partition coefficient (Wildman–Crippen LogP) is 2.87. The maximum atomic E-state index is 11.8. The van der Waals surface area contributed by atoms with Crippen molar-refractivity contribution < 1.29 is 4.79 Å². The van der Waals surface area contributed by atoms with E-state index in [9.17, 15) is 4.79 Å². The molecule has 1 saturated carbocycles. The van der Waals surface area contributed by atoms with Gasteiger partial charge < -0.3 is 5.32 Å². The molecule has 96 valence electrons. The van der Waals surface area contributed by atoms with E-state index in [1.165, 1.54) is 0 Å². The Labute approximate surface area is 105 Å². The second-order valence-electron chi connectivity index (χ2n) is 6.59. The molecule has 1 fully saturated rings. The van der Waals surface area contributed by atoms with E-state index in [0.717, 1.165) is 19.3 Å². The molecule has 1 aliphatic rings. The smallest absolute Gasteiger partial charge is 0.221 e. The Bertz CT molecular complexity index is 307. The van der Waals surface area contributed by atoms with Crippen molar-refractivity contribution in [3.63, 3.8) is 0 Å². The van der Waals surface area contributed by atoms with Crippen LogP contribution < -0.4 is 5.32 Å². The fourth-order valence-corrected chi connectivity index (χ4v) is 2.35. The van der Waals surface area contributed by atoms with Gasteiger partial charge in [-0.1, -0.05) is 27.7 Å². The molecule has 0 bridgehead atoms. The zero-order valence-corrected chi connectivity index (χ0v) is 11.4. The quantitative estimate of drug-likeness (QED) is 0.798. The van der Waals surface area contributed by atoms with Gasteiger partial charge in [0.2, 0.25) is 5.91 Å². The molecular formula is C14H24N2O. The minimum atomic E-state index is -0.260. The fourth-order valence-electron chi connectivity index (χ4n) is 2.35. The van der Waals surface area contributed by atoms with Crippen LogP contribution in [0.4, 0.5) is 0 Å². The number of hydrogen-bond donors (Lipinski definition) is 1. The maximum Gasteiger partial charge on any atom is 0.221 e. The molecule has 3 heteroatoms. The van der Waals surface area contributed by atoms with Gasteiger partial charge in [0, 0.05) is 6.42 Å². The van der Waals surface area contributed by atoms with Gasteiger partial charge in [-0.3, -0.25) is 4.79 Å². The molecule has 17 heavy (non-hydrogen) atoms. The van der Waals surface area contributed by atoms with Crippen LogP contribution in [-0.4, -0.2) is 11.9 Å². The summed E-state index contributed by atoms with van der Waals surface area (Å²) in [4.78, 5) is 11.8. The number of nitrogens with zero attached hydrogens (tertiary/aromatic N) is 1. The van der Waals surface area contributed by atoms with Crippen LogP contribution in [0.25, 0.3) is 0 Å². The number of hydrogen-bond acceptors (Lipinski definition) is 2. The molecule has 3 nitrogen and oxygen atoms in total. The highest BCUT2D eigenvalue weighted by Gasteiger charge is 2.32. The van der Waals surface area contributed by atoms with E-state index in [4.69, 9.17) is 5.26 Å². The fraction of sp³-hybridized carbons (Fsp3) is 0.857. The summed E-state index contributed by atoms with van der Waals surface area (Å²) < 4.78 is 0. The predicted molar refractivity (Wildman–Crippen MR) is 68.1 cm³/mol. The third kappa shape index (κ3) is 5.72. The summed E-state index contributed by atoms with van der Waals surface area (Å²) in [5, 5.41) is 11.8. The second kappa shape index (κ2) is 5.53. The summed E-state index contributed by atoms with van der Waals surface area (Å²) in [7, 11) is 0. The number of nitriles is 1. The average molecular weight is 236 g/mol. The van der Waals surface area contributed by atoms with E-state index in [2.05, 4.69) is 39.1 Å². The summed E-state index contributed by atoms with van der Waals surface area (Å²) in [5.74, 6) is 0.801. The van der Waals surface area contributed by atoms with Gasteiger partial charge in [-0.15, -0.1) is 0 Å². The minimum absolute atomic E-state index is 0.0280. The van der Waals surface area contributed by atoms with E-state index in [0.29, 0.717) is 18.3 Å². The monoisotopic (exact) mass is 236 g/mol. The Balaban J connectivity index is 2.31. The summed E-state index contributed by atoms with van der Waals surface area (Å²) in [5.41, 5.74) is 0.255. The van der Waals surface area contributed by atoms with Crippen molar-refractivity contribution in [2.75, 3.05) is 0 Å². The third-order valence-electron chi connectivity index (χ3n) is 3.04. The van der Waals surface area contributed by atoms with Crippen molar-refractivity contribution in [2.24, 2.45) is 17.3 Å². The van der Waals surface area contributed by atoms with Crippen LogP contribution in [0.1, 0.15) is 53.4 Å². The van der Waals surface area contributed by atoms with Crippen molar-refractivity contribution >= 4 is 5.91 Å². The molecule has 0 aromatic carbocycles. The lowest BCUT2D eigenvalue weighted by atomic mass is 9.84. The number of rotatable bonds is 5. The molecule has 0 spiro atoms. The van der Waals surface area contributed by atoms with Crippen molar-refractivity contribution in [1.29, 1.82) is 5.26 Å². The van der Waals surface area contributed by atoms with Crippen LogP contribution >= 0.6 is 0 Å². The second-order valence-corrected chi connectivity index (χ2v) is 6.59. The lowest BCUT2D eigenvalue weighted by Gasteiger charge is -2.23. The Morgan fingerprint density at radius 3 is 2.47 bits per heavy atom. The molecular weight excluding hydrogens is 212 g/mol. The van der Waals surface area contributed by atoms with Crippen LogP contribution in [0.2, 0.25) is 0 Å². The zero-order valence-electron chi connectivity index (χ0n) is 11.4. The molecule has 0 aliphatic heterocycles. The standard InChI is InChI=1S/C14H24N2O/c1-10(8-14(2,3)4)7-13(17)16-12(9-15)11-5-6-11/h10-12H,5-8H2,1-4H3,(H,16,17). The molecule has 0 saturated heterocycles. The highest BCUT2D eigenvalue weighted by atomic mass is 16.1. The van der Waals surface area contributed by atoms with E-state index < -0.39 is 0 Å². The molecule has 0 aromatic heterocycles. The van der Waals surface area contributed by atoms with Crippen LogP contribution in [0, 0.1) is 28.6 Å². The molecule has 1 N–H and O–H groups in total. The van der Waals surface area contributed by atoms with Crippen molar-refractivity contribution in [3.8, 4) is 6.07 Å². The summed E-state index contributed by atoms with van der Waals surface area (Å²) in [6.07, 6.45) is 3.72. The third-order valence-corrected chi connectivity index (χ3v) is 3.04. The van der Waals surface area contributed by atoms with Crippen molar-refractivity contribution in [2.45, 2.75) is 59.4 Å². The number of amides is 1. The van der Waals surface area contributed by atoms with Gasteiger partial charge in [-0.05, 0) is 36.5 Å². The van der Waals surface area contributed by atoms with Gasteiger partial charge in [0.05, 0.1) is 6.07 Å². The summed E-state index contributed by atoms with van der Waals surface area (Å²) >= 11 is 0. The highest BCUT2D eigenvalue weighted by Crippen LogP contribution is 2.32. The Kier molecular flexibility index (Phi) is 4.56. The largest absolute Gasteiger partial charge is 0.340 e. The van der Waals surface area contributed by atoms with E-state index in [1.54, 1.807) is 0 Å². The van der Waals surface area contributed by atoms with Gasteiger partial charge in [-0.2, -0.15) is 5.26 Å². The van der Waals surface area contributed by atoms with E-state index in [1.807, 2.05) is 0 Å². The van der Waals surface area contributed by atoms with Gasteiger partial charge in [-0.25, -0.2) is 0 Å². The van der Waals surface area contributed by atoms with E-state index >= 15 is 0 Å². The van der Waals surface area contributed by atoms with Crippen molar-refractivity contribution in [3.05, 3.63) is 0 Å². The first-order valence-corrected chi connectivity index (χ1v) is 6.51. The highest BCUT2D eigenvalue weighted by molar-refractivity contribution is 5.76. The van der Waals surface area contributed by atoms with Crippen LogP contribution in [0.3, 0.4) is 0 Å². The van der Waals surface area contributed by atoms with Crippen LogP contribution in [0.15, 0.2) is 0 Å². The van der Waals surface area contributed by atoms with Gasteiger partial charge >= 0.3 is 0 Å². The number of carbonyl (C=O) groups excluding carboxylic acids is 1. The Morgan fingerprint density at radius 2 is 2.06 bits per heavy atom. The topological polar surface area (TPSA) is 52.9 Å². The molecule has 1 rings (SSSR count). The first-order chi connectivity index (χ1) is 7.81. The Hall–Kier alpha value is -1.04. The normalized spacial score (nSPS) is 19.2.